The molecule has 1 unspecified atom stereocenters. The number of β-amino-alcohol motifs (C(OH)–C–C–N with tert-alkyl or cyclic N) is 1. The number of rotatable bonds is 7. The monoisotopic (exact) mass is 426 g/mol. The van der Waals surface area contributed by atoms with Crippen LogP contribution < -0.4 is 10.1 Å². The van der Waals surface area contributed by atoms with Crippen LogP contribution in [0.25, 0.3) is 21.5 Å². The third-order valence-electron chi connectivity index (χ3n) is 6.37. The summed E-state index contributed by atoms with van der Waals surface area (Å²) in [7, 11) is 0. The molecule has 0 radical (unpaired) electrons. The van der Waals surface area contributed by atoms with Crippen LogP contribution >= 0.6 is 0 Å². The van der Waals surface area contributed by atoms with Crippen LogP contribution in [0, 0.1) is 0 Å². The normalized spacial score (nSPS) is 16.3. The van der Waals surface area contributed by atoms with Gasteiger partial charge in [-0.3, -0.25) is 0 Å². The zero-order valence-electron chi connectivity index (χ0n) is 18.3. The van der Waals surface area contributed by atoms with E-state index in [1.54, 1.807) is 0 Å². The fourth-order valence-electron chi connectivity index (χ4n) is 4.63. The zero-order valence-corrected chi connectivity index (χ0v) is 18.3. The number of likely N-dealkylation sites (tertiary alicyclic amines) is 1. The Hall–Kier alpha value is -3.08. The molecule has 0 amide bonds. The lowest BCUT2D eigenvalue weighted by molar-refractivity contribution is 0.0605. The van der Waals surface area contributed by atoms with Gasteiger partial charge in [0.1, 0.15) is 18.5 Å². The summed E-state index contributed by atoms with van der Waals surface area (Å²) >= 11 is 0. The van der Waals surface area contributed by atoms with E-state index in [9.17, 15) is 5.11 Å². The third-order valence-corrected chi connectivity index (χ3v) is 6.37. The fourth-order valence-corrected chi connectivity index (χ4v) is 4.63. The number of piperidine rings is 1. The van der Waals surface area contributed by atoms with E-state index in [2.05, 4.69) is 70.9 Å². The number of aliphatic hydroxyl groups excluding tert-OH is 1. The van der Waals surface area contributed by atoms with Crippen LogP contribution in [-0.4, -0.2) is 48.4 Å². The number of benzene rings is 4. The highest BCUT2D eigenvalue weighted by Gasteiger charge is 2.21. The minimum Gasteiger partial charge on any atom is -0.491 e. The van der Waals surface area contributed by atoms with Crippen LogP contribution in [-0.2, 0) is 0 Å². The molecule has 1 atom stereocenters. The van der Waals surface area contributed by atoms with Crippen molar-refractivity contribution < 1.29 is 9.84 Å². The lowest BCUT2D eigenvalue weighted by Crippen LogP contribution is -2.43. The van der Waals surface area contributed by atoms with Crippen LogP contribution in [0.4, 0.5) is 5.69 Å². The van der Waals surface area contributed by atoms with Gasteiger partial charge in [-0.15, -0.1) is 0 Å². The van der Waals surface area contributed by atoms with Crippen molar-refractivity contribution in [1.82, 2.24) is 4.90 Å². The minimum atomic E-state index is -0.496. The van der Waals surface area contributed by atoms with E-state index in [0.29, 0.717) is 19.2 Å². The van der Waals surface area contributed by atoms with E-state index >= 15 is 0 Å². The van der Waals surface area contributed by atoms with Crippen LogP contribution in [0.5, 0.6) is 5.75 Å². The second-order valence-corrected chi connectivity index (χ2v) is 8.72. The van der Waals surface area contributed by atoms with Crippen molar-refractivity contribution in [1.29, 1.82) is 0 Å². The summed E-state index contributed by atoms with van der Waals surface area (Å²) < 4.78 is 5.87. The quantitative estimate of drug-likeness (QED) is 0.420. The molecule has 0 saturated carbocycles. The summed E-state index contributed by atoms with van der Waals surface area (Å²) in [5, 5.41) is 19.2. The number of anilines is 1. The number of fused-ring (bicyclic) bond motifs is 2. The smallest absolute Gasteiger partial charge is 0.120 e. The highest BCUT2D eigenvalue weighted by atomic mass is 16.5. The van der Waals surface area contributed by atoms with Gasteiger partial charge in [-0.2, -0.15) is 0 Å². The van der Waals surface area contributed by atoms with E-state index in [1.165, 1.54) is 21.8 Å². The van der Waals surface area contributed by atoms with Gasteiger partial charge in [0.05, 0.1) is 0 Å². The molecule has 0 spiro atoms. The molecule has 0 aromatic heterocycles. The minimum absolute atomic E-state index is 0.312. The molecule has 32 heavy (non-hydrogen) atoms. The number of hydrogen-bond donors (Lipinski definition) is 2. The number of aliphatic hydroxyl groups is 1. The number of nitrogens with zero attached hydrogens (tertiary/aromatic N) is 1. The summed E-state index contributed by atoms with van der Waals surface area (Å²) in [6.07, 6.45) is 1.65. The van der Waals surface area contributed by atoms with Crippen molar-refractivity contribution in [2.75, 3.05) is 31.6 Å². The molecule has 1 aliphatic heterocycles. The first-order valence-corrected chi connectivity index (χ1v) is 11.5. The molecule has 2 N–H and O–H groups in total. The maximum atomic E-state index is 10.5. The number of hydrogen-bond acceptors (Lipinski definition) is 4. The highest BCUT2D eigenvalue weighted by Crippen LogP contribution is 2.26. The molecule has 0 aliphatic carbocycles. The molecule has 4 aromatic carbocycles. The summed E-state index contributed by atoms with van der Waals surface area (Å²) in [6.45, 7) is 2.92. The molecule has 1 saturated heterocycles. The van der Waals surface area contributed by atoms with Gasteiger partial charge in [0, 0.05) is 36.7 Å². The van der Waals surface area contributed by atoms with Gasteiger partial charge in [-0.1, -0.05) is 66.7 Å². The standard InChI is InChI=1S/C28H30N2O2/c31-25(20-32-26-13-12-21-6-1-2-8-23(21)18-26)19-30-16-14-24(15-17-30)29-28-11-5-9-22-7-3-4-10-27(22)28/h1-13,18,24-25,29,31H,14-17,19-20H2. The largest absolute Gasteiger partial charge is 0.491 e. The Labute approximate surface area is 189 Å². The molecule has 4 aromatic rings. The molecular weight excluding hydrogens is 396 g/mol. The predicted octanol–water partition coefficient (Wildman–Crippen LogP) is 5.31. The Morgan fingerprint density at radius 1 is 0.844 bits per heavy atom. The van der Waals surface area contributed by atoms with Gasteiger partial charge < -0.3 is 20.1 Å². The van der Waals surface area contributed by atoms with E-state index in [0.717, 1.165) is 37.1 Å². The van der Waals surface area contributed by atoms with Crippen molar-refractivity contribution in [2.45, 2.75) is 25.0 Å². The Balaban J connectivity index is 1.09. The third kappa shape index (κ3) is 4.87. The topological polar surface area (TPSA) is 44.7 Å². The fraction of sp³-hybridized carbons (Fsp3) is 0.286. The molecule has 4 heteroatoms. The van der Waals surface area contributed by atoms with E-state index in [4.69, 9.17) is 4.74 Å². The van der Waals surface area contributed by atoms with Gasteiger partial charge in [0.25, 0.3) is 0 Å². The van der Waals surface area contributed by atoms with Crippen molar-refractivity contribution in [3.63, 3.8) is 0 Å². The van der Waals surface area contributed by atoms with Crippen LogP contribution in [0.3, 0.4) is 0 Å². The van der Waals surface area contributed by atoms with Gasteiger partial charge >= 0.3 is 0 Å². The second kappa shape index (κ2) is 9.60. The first-order valence-electron chi connectivity index (χ1n) is 11.5. The maximum absolute atomic E-state index is 10.5. The number of ether oxygens (including phenoxy) is 1. The van der Waals surface area contributed by atoms with Gasteiger partial charge in [0.15, 0.2) is 0 Å². The van der Waals surface area contributed by atoms with Crippen LogP contribution in [0.2, 0.25) is 0 Å². The molecule has 1 fully saturated rings. The molecule has 0 bridgehead atoms. The van der Waals surface area contributed by atoms with Gasteiger partial charge in [-0.05, 0) is 47.2 Å². The first-order chi connectivity index (χ1) is 15.7. The van der Waals surface area contributed by atoms with Gasteiger partial charge in [-0.25, -0.2) is 0 Å². The first kappa shape index (κ1) is 20.8. The summed E-state index contributed by atoms with van der Waals surface area (Å²) in [5.41, 5.74) is 1.21. The molecule has 4 nitrogen and oxygen atoms in total. The molecule has 1 aliphatic rings. The molecule has 1 heterocycles. The molecular formula is C28H30N2O2. The van der Waals surface area contributed by atoms with Gasteiger partial charge in [0.2, 0.25) is 0 Å². The predicted molar refractivity (Wildman–Crippen MR) is 132 cm³/mol. The summed E-state index contributed by atoms with van der Waals surface area (Å²) in [5.74, 6) is 0.806. The Bertz CT molecular complexity index is 1180. The van der Waals surface area contributed by atoms with E-state index in [-0.39, 0.29) is 0 Å². The molecule has 5 rings (SSSR count). The Morgan fingerprint density at radius 2 is 1.56 bits per heavy atom. The van der Waals surface area contributed by atoms with Crippen LogP contribution in [0.15, 0.2) is 84.9 Å². The van der Waals surface area contributed by atoms with E-state index < -0.39 is 6.10 Å². The lowest BCUT2D eigenvalue weighted by Gasteiger charge is -2.34. The zero-order chi connectivity index (χ0) is 21.8. The Morgan fingerprint density at radius 3 is 2.41 bits per heavy atom. The van der Waals surface area contributed by atoms with E-state index in [1.807, 2.05) is 24.3 Å². The van der Waals surface area contributed by atoms with Crippen molar-refractivity contribution in [3.05, 3.63) is 84.9 Å². The number of nitrogens with one attached hydrogen (secondary N) is 1. The van der Waals surface area contributed by atoms with Crippen LogP contribution in [0.1, 0.15) is 12.8 Å². The second-order valence-electron chi connectivity index (χ2n) is 8.72. The summed E-state index contributed by atoms with van der Waals surface area (Å²) in [4.78, 5) is 2.34. The Kier molecular flexibility index (Phi) is 6.24. The summed E-state index contributed by atoms with van der Waals surface area (Å²) in [6, 6.07) is 29.7. The SMILES string of the molecule is OC(COc1ccc2ccccc2c1)CN1CCC(Nc2cccc3ccccc23)CC1. The van der Waals surface area contributed by atoms with Crippen molar-refractivity contribution in [3.8, 4) is 5.75 Å². The lowest BCUT2D eigenvalue weighted by atomic mass is 10.0. The highest BCUT2D eigenvalue weighted by molar-refractivity contribution is 5.93. The maximum Gasteiger partial charge on any atom is 0.120 e. The van der Waals surface area contributed by atoms with Crippen molar-refractivity contribution in [2.24, 2.45) is 0 Å². The molecule has 164 valence electrons. The van der Waals surface area contributed by atoms with Crippen molar-refractivity contribution >= 4 is 27.2 Å². The average Bonchev–Trinajstić information content (AvgIpc) is 2.84. The average molecular weight is 427 g/mol.